The second-order valence-corrected chi connectivity index (χ2v) is 8.37. The van der Waals surface area contributed by atoms with Crippen LogP contribution in [0.5, 0.6) is 5.75 Å². The summed E-state index contributed by atoms with van der Waals surface area (Å²) in [4.78, 5) is 18.1. The summed E-state index contributed by atoms with van der Waals surface area (Å²) in [5, 5.41) is 8.11. The Morgan fingerprint density at radius 3 is 2.48 bits per heavy atom. The lowest BCUT2D eigenvalue weighted by molar-refractivity contribution is -0.123. The summed E-state index contributed by atoms with van der Waals surface area (Å²) in [7, 11) is 0. The van der Waals surface area contributed by atoms with Crippen molar-refractivity contribution in [1.82, 2.24) is 10.3 Å². The highest BCUT2D eigenvalue weighted by molar-refractivity contribution is 7.13. The summed E-state index contributed by atoms with van der Waals surface area (Å²) in [5.41, 5.74) is 3.11. The number of carbonyl (C=O) groups excluding carboxylic acids is 1. The van der Waals surface area contributed by atoms with E-state index in [4.69, 9.17) is 4.74 Å². The van der Waals surface area contributed by atoms with Gasteiger partial charge in [-0.3, -0.25) is 4.79 Å². The lowest BCUT2D eigenvalue weighted by Gasteiger charge is -2.18. The number of amides is 1. The van der Waals surface area contributed by atoms with E-state index in [0.29, 0.717) is 5.75 Å². The first-order valence-corrected chi connectivity index (χ1v) is 11.0. The van der Waals surface area contributed by atoms with Gasteiger partial charge in [0.1, 0.15) is 10.8 Å². The summed E-state index contributed by atoms with van der Waals surface area (Å²) in [6, 6.07) is 21.5. The number of hydrogen-bond donors (Lipinski definition) is 1. The van der Waals surface area contributed by atoms with E-state index < -0.39 is 0 Å². The van der Waals surface area contributed by atoms with Crippen molar-refractivity contribution in [3.8, 4) is 16.3 Å². The minimum Gasteiger partial charge on any atom is -0.484 e. The molecule has 0 radical (unpaired) electrons. The molecule has 146 valence electrons. The molecule has 0 aliphatic carbocycles. The van der Waals surface area contributed by atoms with E-state index in [1.807, 2.05) is 84.4 Å². The third-order valence-electron chi connectivity index (χ3n) is 4.36. The lowest BCUT2D eigenvalue weighted by Crippen LogP contribution is -2.32. The molecule has 1 N–H and O–H groups in total. The van der Waals surface area contributed by atoms with Crippen LogP contribution >= 0.6 is 22.7 Å². The van der Waals surface area contributed by atoms with E-state index in [-0.39, 0.29) is 18.6 Å². The molecule has 2 aromatic heterocycles. The standard InChI is InChI=1S/C23H20N2O2S2/c1-16-15-29-23(24-16)18-9-11-19(12-10-18)27-14-21(26)25-22(20-8-5-13-28-20)17-6-3-2-4-7-17/h2-13,15,22H,14H2,1H3,(H,25,26). The van der Waals surface area contributed by atoms with Gasteiger partial charge in [-0.25, -0.2) is 4.98 Å². The van der Waals surface area contributed by atoms with Gasteiger partial charge in [0.15, 0.2) is 6.61 Å². The molecule has 0 aliphatic heterocycles. The molecular formula is C23H20N2O2S2. The maximum atomic E-state index is 12.5. The number of hydrogen-bond acceptors (Lipinski definition) is 5. The molecule has 4 nitrogen and oxygen atoms in total. The van der Waals surface area contributed by atoms with Gasteiger partial charge in [0.2, 0.25) is 0 Å². The fraction of sp³-hybridized carbons (Fsp3) is 0.130. The highest BCUT2D eigenvalue weighted by Gasteiger charge is 2.18. The molecule has 0 saturated carbocycles. The van der Waals surface area contributed by atoms with Crippen molar-refractivity contribution in [1.29, 1.82) is 0 Å². The number of nitrogens with zero attached hydrogens (tertiary/aromatic N) is 1. The second kappa shape index (κ2) is 9.03. The highest BCUT2D eigenvalue weighted by Crippen LogP contribution is 2.27. The van der Waals surface area contributed by atoms with Gasteiger partial charge >= 0.3 is 0 Å². The van der Waals surface area contributed by atoms with E-state index in [2.05, 4.69) is 10.3 Å². The molecule has 0 spiro atoms. The number of ether oxygens (including phenoxy) is 1. The molecule has 2 aromatic carbocycles. The van der Waals surface area contributed by atoms with E-state index in [1.54, 1.807) is 22.7 Å². The molecule has 4 rings (SSSR count). The Balaban J connectivity index is 1.38. The summed E-state index contributed by atoms with van der Waals surface area (Å²) in [5.74, 6) is 0.497. The van der Waals surface area contributed by atoms with Gasteiger partial charge in [-0.05, 0) is 48.2 Å². The van der Waals surface area contributed by atoms with Crippen molar-refractivity contribution >= 4 is 28.6 Å². The van der Waals surface area contributed by atoms with Crippen LogP contribution in [0, 0.1) is 6.92 Å². The van der Waals surface area contributed by atoms with Gasteiger partial charge in [0, 0.05) is 21.5 Å². The van der Waals surface area contributed by atoms with Gasteiger partial charge in [-0.15, -0.1) is 22.7 Å². The number of aromatic nitrogens is 1. The van der Waals surface area contributed by atoms with E-state index in [1.165, 1.54) is 0 Å². The van der Waals surface area contributed by atoms with Crippen LogP contribution in [0.3, 0.4) is 0 Å². The first-order chi connectivity index (χ1) is 14.2. The quantitative estimate of drug-likeness (QED) is 0.432. The topological polar surface area (TPSA) is 51.2 Å². The molecule has 29 heavy (non-hydrogen) atoms. The van der Waals surface area contributed by atoms with Crippen molar-refractivity contribution < 1.29 is 9.53 Å². The van der Waals surface area contributed by atoms with Crippen LogP contribution in [-0.4, -0.2) is 17.5 Å². The van der Waals surface area contributed by atoms with E-state index in [0.717, 1.165) is 26.7 Å². The van der Waals surface area contributed by atoms with Crippen LogP contribution in [0.2, 0.25) is 0 Å². The largest absolute Gasteiger partial charge is 0.484 e. The van der Waals surface area contributed by atoms with Gasteiger partial charge in [0.25, 0.3) is 5.91 Å². The Bertz CT molecular complexity index is 1060. The number of thiazole rings is 1. The molecule has 1 atom stereocenters. The fourth-order valence-corrected chi connectivity index (χ4v) is 4.56. The molecule has 6 heteroatoms. The predicted molar refractivity (Wildman–Crippen MR) is 119 cm³/mol. The first-order valence-electron chi connectivity index (χ1n) is 9.22. The van der Waals surface area contributed by atoms with Gasteiger partial charge in [-0.1, -0.05) is 36.4 Å². The SMILES string of the molecule is Cc1csc(-c2ccc(OCC(=O)NC(c3ccccc3)c3cccs3)cc2)n1. The minimum atomic E-state index is -0.178. The van der Waals surface area contributed by atoms with Crippen molar-refractivity contribution in [2.24, 2.45) is 0 Å². The summed E-state index contributed by atoms with van der Waals surface area (Å²) in [6.07, 6.45) is 0. The average Bonchev–Trinajstić information content (AvgIpc) is 3.43. The van der Waals surface area contributed by atoms with Crippen LogP contribution in [0.15, 0.2) is 77.5 Å². The zero-order chi connectivity index (χ0) is 20.1. The summed E-state index contributed by atoms with van der Waals surface area (Å²) < 4.78 is 5.69. The van der Waals surface area contributed by atoms with E-state index in [9.17, 15) is 4.79 Å². The zero-order valence-corrected chi connectivity index (χ0v) is 17.5. The number of rotatable bonds is 7. The third kappa shape index (κ3) is 4.91. The maximum absolute atomic E-state index is 12.5. The molecular weight excluding hydrogens is 400 g/mol. The Labute approximate surface area is 177 Å². The smallest absolute Gasteiger partial charge is 0.258 e. The Morgan fingerprint density at radius 2 is 1.83 bits per heavy atom. The minimum absolute atomic E-state index is 0.0373. The monoisotopic (exact) mass is 420 g/mol. The summed E-state index contributed by atoms with van der Waals surface area (Å²) in [6.45, 7) is 1.94. The molecule has 0 saturated heterocycles. The molecule has 0 fully saturated rings. The molecule has 4 aromatic rings. The van der Waals surface area contributed by atoms with Crippen LogP contribution in [0.25, 0.3) is 10.6 Å². The second-order valence-electron chi connectivity index (χ2n) is 6.53. The fourth-order valence-electron chi connectivity index (χ4n) is 2.95. The molecule has 0 bridgehead atoms. The van der Waals surface area contributed by atoms with Gasteiger partial charge < -0.3 is 10.1 Å². The van der Waals surface area contributed by atoms with E-state index >= 15 is 0 Å². The van der Waals surface area contributed by atoms with Crippen LogP contribution in [0.4, 0.5) is 0 Å². The van der Waals surface area contributed by atoms with Crippen LogP contribution in [0.1, 0.15) is 22.2 Å². The van der Waals surface area contributed by atoms with Gasteiger partial charge in [0.05, 0.1) is 6.04 Å². The molecule has 1 unspecified atom stereocenters. The lowest BCUT2D eigenvalue weighted by atomic mass is 10.1. The summed E-state index contributed by atoms with van der Waals surface area (Å²) >= 11 is 3.24. The Kier molecular flexibility index (Phi) is 6.03. The Morgan fingerprint density at radius 1 is 1.03 bits per heavy atom. The number of thiophene rings is 1. The first kappa shape index (κ1) is 19.4. The number of aryl methyl sites for hydroxylation is 1. The molecule has 2 heterocycles. The van der Waals surface area contributed by atoms with Crippen molar-refractivity contribution in [3.63, 3.8) is 0 Å². The predicted octanol–water partition coefficient (Wildman–Crippen LogP) is 5.46. The third-order valence-corrected chi connectivity index (χ3v) is 6.30. The van der Waals surface area contributed by atoms with Crippen LogP contribution < -0.4 is 10.1 Å². The van der Waals surface area contributed by atoms with Crippen molar-refractivity contribution in [3.05, 3.63) is 93.6 Å². The van der Waals surface area contributed by atoms with Crippen molar-refractivity contribution in [2.45, 2.75) is 13.0 Å². The number of nitrogens with one attached hydrogen (secondary N) is 1. The highest BCUT2D eigenvalue weighted by atomic mass is 32.1. The average molecular weight is 421 g/mol. The molecule has 0 aliphatic rings. The number of benzene rings is 2. The normalized spacial score (nSPS) is 11.8. The van der Waals surface area contributed by atoms with Gasteiger partial charge in [-0.2, -0.15) is 0 Å². The zero-order valence-electron chi connectivity index (χ0n) is 15.9. The van der Waals surface area contributed by atoms with Crippen molar-refractivity contribution in [2.75, 3.05) is 6.61 Å². The maximum Gasteiger partial charge on any atom is 0.258 e. The molecule has 1 amide bonds. The Hall–Kier alpha value is -2.96. The number of carbonyl (C=O) groups is 1. The van der Waals surface area contributed by atoms with Crippen LogP contribution in [-0.2, 0) is 4.79 Å².